The highest BCUT2D eigenvalue weighted by Crippen LogP contribution is 2.66. The summed E-state index contributed by atoms with van der Waals surface area (Å²) in [6.07, 6.45) is 3.42. The molecule has 1 fully saturated rings. The van der Waals surface area contributed by atoms with Gasteiger partial charge < -0.3 is 4.57 Å². The highest BCUT2D eigenvalue weighted by molar-refractivity contribution is 7.72. The van der Waals surface area contributed by atoms with Crippen molar-refractivity contribution in [2.24, 2.45) is 17.8 Å². The van der Waals surface area contributed by atoms with Gasteiger partial charge in [-0.3, -0.25) is 5.32 Å². The Bertz CT molecular complexity index is 1070. The van der Waals surface area contributed by atoms with Crippen LogP contribution in [0, 0.1) is 17.8 Å². The minimum absolute atomic E-state index is 0.0851. The summed E-state index contributed by atoms with van der Waals surface area (Å²) in [5, 5.41) is 4.91. The SMILES string of the molecule is CC(C)[C@@H]1CC[C@@H](C)CC1[P@@](=O)(c1ccccc1)[C@@H](N[C@@H](C)c1ccccc1)c1ccccc1. The Balaban J connectivity index is 1.87. The molecule has 0 spiro atoms. The van der Waals surface area contributed by atoms with Crippen LogP contribution in [0.5, 0.6) is 0 Å². The van der Waals surface area contributed by atoms with E-state index in [9.17, 15) is 0 Å². The van der Waals surface area contributed by atoms with Crippen LogP contribution in [0.15, 0.2) is 91.0 Å². The third-order valence-corrected chi connectivity index (χ3v) is 11.7. The molecule has 3 aromatic rings. The number of rotatable bonds is 8. The standard InChI is InChI=1S/C31H40NOP/c1-23(2)29-21-20-24(3)22-30(29)34(33,28-18-12-7-13-19-28)31(27-16-10-6-11-17-27)32-25(4)26-14-8-5-9-15-26/h5-19,23-25,29-32H,20-22H2,1-4H3/t24-,25+,29+,30?,31-,34+/m1/s1. The Morgan fingerprint density at radius 3 is 1.85 bits per heavy atom. The average Bonchev–Trinajstić information content (AvgIpc) is 2.88. The molecule has 1 N–H and O–H groups in total. The molecule has 0 aromatic heterocycles. The maximum Gasteiger partial charge on any atom is 0.139 e. The van der Waals surface area contributed by atoms with Crippen molar-refractivity contribution in [3.63, 3.8) is 0 Å². The summed E-state index contributed by atoms with van der Waals surface area (Å²) in [7, 11) is -2.91. The average molecular weight is 474 g/mol. The van der Waals surface area contributed by atoms with Gasteiger partial charge in [-0.05, 0) is 48.6 Å². The fourth-order valence-electron chi connectivity index (χ4n) is 5.92. The van der Waals surface area contributed by atoms with Crippen LogP contribution in [0.25, 0.3) is 0 Å². The van der Waals surface area contributed by atoms with E-state index >= 15 is 4.57 Å². The molecule has 1 aliphatic rings. The van der Waals surface area contributed by atoms with E-state index in [0.717, 1.165) is 23.7 Å². The van der Waals surface area contributed by atoms with Gasteiger partial charge in [-0.15, -0.1) is 0 Å². The number of hydrogen-bond acceptors (Lipinski definition) is 2. The fraction of sp³-hybridized carbons (Fsp3) is 0.419. The first kappa shape index (κ1) is 25.0. The van der Waals surface area contributed by atoms with Crippen molar-refractivity contribution in [1.29, 1.82) is 0 Å². The summed E-state index contributed by atoms with van der Waals surface area (Å²) in [5.74, 6) is 1.34. The summed E-state index contributed by atoms with van der Waals surface area (Å²) < 4.78 is 15.8. The minimum Gasteiger partial charge on any atom is -0.316 e. The van der Waals surface area contributed by atoms with Gasteiger partial charge in [0.05, 0.1) is 5.78 Å². The van der Waals surface area contributed by atoms with Crippen molar-refractivity contribution < 1.29 is 4.57 Å². The molecular weight excluding hydrogens is 433 g/mol. The Morgan fingerprint density at radius 2 is 1.29 bits per heavy atom. The van der Waals surface area contributed by atoms with Gasteiger partial charge in [0.1, 0.15) is 7.14 Å². The van der Waals surface area contributed by atoms with Crippen LogP contribution in [0.1, 0.15) is 69.9 Å². The molecule has 0 amide bonds. The predicted octanol–water partition coefficient (Wildman–Crippen LogP) is 8.19. The van der Waals surface area contributed by atoms with E-state index in [-0.39, 0.29) is 17.5 Å². The van der Waals surface area contributed by atoms with Gasteiger partial charge in [-0.2, -0.15) is 0 Å². The van der Waals surface area contributed by atoms with E-state index in [1.807, 2.05) is 12.1 Å². The Morgan fingerprint density at radius 1 is 0.765 bits per heavy atom. The number of nitrogens with one attached hydrogen (secondary N) is 1. The molecule has 0 heterocycles. The molecule has 0 aliphatic heterocycles. The molecule has 0 radical (unpaired) electrons. The van der Waals surface area contributed by atoms with E-state index in [4.69, 9.17) is 0 Å². The second-order valence-corrected chi connectivity index (χ2v) is 13.7. The quantitative estimate of drug-likeness (QED) is 0.334. The van der Waals surface area contributed by atoms with Crippen LogP contribution in [-0.4, -0.2) is 5.66 Å². The zero-order valence-electron chi connectivity index (χ0n) is 21.1. The smallest absolute Gasteiger partial charge is 0.139 e. The summed E-state index contributed by atoms with van der Waals surface area (Å²) in [6, 6.07) is 31.5. The summed E-state index contributed by atoms with van der Waals surface area (Å²) in [4.78, 5) is 0. The van der Waals surface area contributed by atoms with Gasteiger partial charge in [0.25, 0.3) is 0 Å². The first-order chi connectivity index (χ1) is 16.4. The maximum absolute atomic E-state index is 15.8. The van der Waals surface area contributed by atoms with Gasteiger partial charge in [0.2, 0.25) is 0 Å². The molecule has 0 saturated heterocycles. The molecule has 0 bridgehead atoms. The van der Waals surface area contributed by atoms with Crippen LogP contribution < -0.4 is 10.6 Å². The molecule has 4 rings (SSSR count). The zero-order valence-corrected chi connectivity index (χ0v) is 22.0. The van der Waals surface area contributed by atoms with E-state index in [2.05, 4.69) is 112 Å². The molecule has 6 atom stereocenters. The second-order valence-electron chi connectivity index (χ2n) is 10.6. The Hall–Kier alpha value is -2.15. The van der Waals surface area contributed by atoms with Crippen LogP contribution in [0.2, 0.25) is 0 Å². The molecule has 1 unspecified atom stereocenters. The Labute approximate surface area is 206 Å². The molecule has 1 saturated carbocycles. The van der Waals surface area contributed by atoms with Crippen molar-refractivity contribution in [2.75, 3.05) is 0 Å². The molecule has 1 aliphatic carbocycles. The van der Waals surface area contributed by atoms with Crippen molar-refractivity contribution in [1.82, 2.24) is 5.32 Å². The predicted molar refractivity (Wildman–Crippen MR) is 146 cm³/mol. The van der Waals surface area contributed by atoms with Gasteiger partial charge in [-0.1, -0.05) is 118 Å². The third-order valence-electron chi connectivity index (χ3n) is 7.85. The first-order valence-corrected chi connectivity index (χ1v) is 14.8. The monoisotopic (exact) mass is 473 g/mol. The van der Waals surface area contributed by atoms with Crippen molar-refractivity contribution in [2.45, 2.75) is 64.4 Å². The molecule has 34 heavy (non-hydrogen) atoms. The molecule has 3 heteroatoms. The lowest BCUT2D eigenvalue weighted by Gasteiger charge is -2.45. The zero-order chi connectivity index (χ0) is 24.1. The van der Waals surface area contributed by atoms with Crippen LogP contribution in [-0.2, 0) is 4.57 Å². The minimum atomic E-state index is -2.91. The summed E-state index contributed by atoms with van der Waals surface area (Å²) in [6.45, 7) is 9.18. The molecular formula is C31H40NOP. The number of hydrogen-bond donors (Lipinski definition) is 1. The molecule has 180 valence electrons. The van der Waals surface area contributed by atoms with Gasteiger partial charge in [0, 0.05) is 17.0 Å². The van der Waals surface area contributed by atoms with Crippen LogP contribution in [0.4, 0.5) is 0 Å². The lowest BCUT2D eigenvalue weighted by molar-refractivity contribution is 0.235. The largest absolute Gasteiger partial charge is 0.316 e. The van der Waals surface area contributed by atoms with Gasteiger partial charge in [0.15, 0.2) is 0 Å². The third kappa shape index (κ3) is 5.24. The van der Waals surface area contributed by atoms with Crippen molar-refractivity contribution >= 4 is 12.4 Å². The fourth-order valence-corrected chi connectivity index (χ4v) is 10.4. The lowest BCUT2D eigenvalue weighted by Crippen LogP contribution is -2.39. The van der Waals surface area contributed by atoms with E-state index < -0.39 is 7.14 Å². The normalized spacial score (nSPS) is 24.3. The van der Waals surface area contributed by atoms with E-state index in [0.29, 0.717) is 17.8 Å². The highest BCUT2D eigenvalue weighted by atomic mass is 31.2. The number of benzene rings is 3. The van der Waals surface area contributed by atoms with Crippen LogP contribution >= 0.6 is 7.14 Å². The van der Waals surface area contributed by atoms with Gasteiger partial charge in [-0.25, -0.2) is 0 Å². The highest BCUT2D eigenvalue weighted by Gasteiger charge is 2.48. The van der Waals surface area contributed by atoms with E-state index in [1.54, 1.807) is 0 Å². The summed E-state index contributed by atoms with van der Waals surface area (Å²) >= 11 is 0. The van der Waals surface area contributed by atoms with Crippen molar-refractivity contribution in [3.8, 4) is 0 Å². The molecule has 2 nitrogen and oxygen atoms in total. The lowest BCUT2D eigenvalue weighted by atomic mass is 9.77. The maximum atomic E-state index is 15.8. The topological polar surface area (TPSA) is 29.1 Å². The molecule has 3 aromatic carbocycles. The summed E-state index contributed by atoms with van der Waals surface area (Å²) in [5.41, 5.74) is 2.51. The van der Waals surface area contributed by atoms with E-state index in [1.165, 1.54) is 12.0 Å². The van der Waals surface area contributed by atoms with Crippen LogP contribution in [0.3, 0.4) is 0 Å². The first-order valence-electron chi connectivity index (χ1n) is 12.9. The Kier molecular flexibility index (Phi) is 8.12. The van der Waals surface area contributed by atoms with Gasteiger partial charge >= 0.3 is 0 Å². The van der Waals surface area contributed by atoms with Crippen molar-refractivity contribution in [3.05, 3.63) is 102 Å². The second kappa shape index (κ2) is 11.1.